The first-order chi connectivity index (χ1) is 12.2. The van der Waals surface area contributed by atoms with Crippen molar-refractivity contribution in [2.75, 3.05) is 5.32 Å². The number of carbonyl (C=O) groups excluding carboxylic acids is 1. The zero-order valence-corrected chi connectivity index (χ0v) is 14.5. The summed E-state index contributed by atoms with van der Waals surface area (Å²) in [5.74, 6) is -0.137. The van der Waals surface area contributed by atoms with Crippen molar-refractivity contribution in [1.82, 2.24) is 14.8 Å². The molecule has 0 saturated carbocycles. The molecule has 1 N–H and O–H groups in total. The fourth-order valence-electron chi connectivity index (χ4n) is 2.71. The Kier molecular flexibility index (Phi) is 4.03. The molecule has 0 spiro atoms. The molecule has 0 fully saturated rings. The number of benzene rings is 2. The van der Waals surface area contributed by atoms with Crippen molar-refractivity contribution < 1.29 is 4.79 Å². The van der Waals surface area contributed by atoms with E-state index in [2.05, 4.69) is 27.5 Å². The van der Waals surface area contributed by atoms with E-state index in [0.717, 1.165) is 28.1 Å². The number of nitrogens with zero attached hydrogens (tertiary/aromatic N) is 3. The van der Waals surface area contributed by atoms with Gasteiger partial charge in [0.25, 0.3) is 5.91 Å². The summed E-state index contributed by atoms with van der Waals surface area (Å²) < 4.78 is 1.96. The molecule has 2 aromatic heterocycles. The molecule has 0 radical (unpaired) electrons. The van der Waals surface area contributed by atoms with Crippen molar-refractivity contribution in [1.29, 1.82) is 0 Å². The van der Waals surface area contributed by atoms with Gasteiger partial charge in [-0.15, -0.1) is 11.3 Å². The average Bonchev–Trinajstić information content (AvgIpc) is 3.22. The summed E-state index contributed by atoms with van der Waals surface area (Å²) in [5.41, 5.74) is 2.99. The summed E-state index contributed by atoms with van der Waals surface area (Å²) in [4.78, 5) is 17.0. The molecule has 0 aliphatic carbocycles. The number of nitrogens with one attached hydrogen (secondary N) is 1. The minimum atomic E-state index is -0.137. The molecule has 2 aromatic carbocycles. The summed E-state index contributed by atoms with van der Waals surface area (Å²) >= 11 is 1.38. The molecule has 0 aliphatic rings. The molecule has 2 heterocycles. The SMILES string of the molecule is Cc1ncc(C(=O)Nc2ccc3c(cnn3Cc3ccccc3)c2)s1. The van der Waals surface area contributed by atoms with Crippen molar-refractivity contribution in [2.45, 2.75) is 13.5 Å². The van der Waals surface area contributed by atoms with Gasteiger partial charge < -0.3 is 5.32 Å². The third-order valence-electron chi connectivity index (χ3n) is 3.92. The predicted octanol–water partition coefficient (Wildman–Crippen LogP) is 4.10. The molecule has 6 heteroatoms. The first-order valence-electron chi connectivity index (χ1n) is 7.92. The molecule has 0 atom stereocenters. The van der Waals surface area contributed by atoms with Crippen molar-refractivity contribution in [3.8, 4) is 0 Å². The molecule has 0 unspecified atom stereocenters. The van der Waals surface area contributed by atoms with E-state index in [1.54, 1.807) is 6.20 Å². The lowest BCUT2D eigenvalue weighted by molar-refractivity contribution is 0.103. The lowest BCUT2D eigenvalue weighted by atomic mass is 10.2. The van der Waals surface area contributed by atoms with E-state index in [1.807, 2.05) is 54.2 Å². The maximum Gasteiger partial charge on any atom is 0.267 e. The van der Waals surface area contributed by atoms with E-state index in [1.165, 1.54) is 16.9 Å². The van der Waals surface area contributed by atoms with Crippen molar-refractivity contribution in [3.63, 3.8) is 0 Å². The summed E-state index contributed by atoms with van der Waals surface area (Å²) in [6.07, 6.45) is 3.43. The topological polar surface area (TPSA) is 59.8 Å². The van der Waals surface area contributed by atoms with Gasteiger partial charge in [-0.3, -0.25) is 9.48 Å². The number of anilines is 1. The summed E-state index contributed by atoms with van der Waals surface area (Å²) in [6, 6.07) is 16.0. The van der Waals surface area contributed by atoms with Gasteiger partial charge in [0.05, 0.1) is 29.5 Å². The van der Waals surface area contributed by atoms with Crippen LogP contribution in [0, 0.1) is 6.92 Å². The van der Waals surface area contributed by atoms with Crippen molar-refractivity contribution in [2.24, 2.45) is 0 Å². The van der Waals surface area contributed by atoms with Crippen LogP contribution in [0.4, 0.5) is 5.69 Å². The molecule has 4 rings (SSSR count). The van der Waals surface area contributed by atoms with Gasteiger partial charge in [0.2, 0.25) is 0 Å². The van der Waals surface area contributed by atoms with Crippen LogP contribution in [0.5, 0.6) is 0 Å². The zero-order chi connectivity index (χ0) is 17.2. The first-order valence-corrected chi connectivity index (χ1v) is 8.74. The van der Waals surface area contributed by atoms with Gasteiger partial charge in [0, 0.05) is 11.1 Å². The lowest BCUT2D eigenvalue weighted by Crippen LogP contribution is -2.10. The minimum Gasteiger partial charge on any atom is -0.321 e. The largest absolute Gasteiger partial charge is 0.321 e. The number of hydrogen-bond acceptors (Lipinski definition) is 4. The van der Waals surface area contributed by atoms with Crippen LogP contribution < -0.4 is 5.32 Å². The van der Waals surface area contributed by atoms with E-state index in [4.69, 9.17) is 0 Å². The van der Waals surface area contributed by atoms with Gasteiger partial charge in [0.1, 0.15) is 4.88 Å². The molecular formula is C19H16N4OS. The van der Waals surface area contributed by atoms with Crippen LogP contribution in [0.1, 0.15) is 20.2 Å². The Morgan fingerprint density at radius 2 is 2.00 bits per heavy atom. The molecule has 5 nitrogen and oxygen atoms in total. The molecule has 0 bridgehead atoms. The Balaban J connectivity index is 1.56. The van der Waals surface area contributed by atoms with Gasteiger partial charge >= 0.3 is 0 Å². The Morgan fingerprint density at radius 1 is 1.16 bits per heavy atom. The van der Waals surface area contributed by atoms with E-state index < -0.39 is 0 Å². The predicted molar refractivity (Wildman–Crippen MR) is 100 cm³/mol. The summed E-state index contributed by atoms with van der Waals surface area (Å²) in [7, 11) is 0. The Bertz CT molecular complexity index is 1040. The second-order valence-electron chi connectivity index (χ2n) is 5.76. The van der Waals surface area contributed by atoms with Crippen LogP contribution >= 0.6 is 11.3 Å². The van der Waals surface area contributed by atoms with E-state index in [9.17, 15) is 4.79 Å². The number of carbonyl (C=O) groups is 1. The van der Waals surface area contributed by atoms with E-state index in [0.29, 0.717) is 4.88 Å². The standard InChI is InChI=1S/C19H16N4OS/c1-13-20-11-18(25-13)19(24)22-16-7-8-17-15(9-16)10-21-23(17)12-14-5-3-2-4-6-14/h2-11H,12H2,1H3,(H,22,24). The number of aromatic nitrogens is 3. The summed E-state index contributed by atoms with van der Waals surface area (Å²) in [5, 5.41) is 9.26. The monoisotopic (exact) mass is 348 g/mol. The highest BCUT2D eigenvalue weighted by Crippen LogP contribution is 2.21. The fourth-order valence-corrected chi connectivity index (χ4v) is 3.38. The second kappa shape index (κ2) is 6.49. The molecule has 4 aromatic rings. The van der Waals surface area contributed by atoms with Crippen LogP contribution in [0.3, 0.4) is 0 Å². The summed E-state index contributed by atoms with van der Waals surface area (Å²) in [6.45, 7) is 2.60. The molecule has 25 heavy (non-hydrogen) atoms. The van der Waals surface area contributed by atoms with Crippen LogP contribution in [0.2, 0.25) is 0 Å². The van der Waals surface area contributed by atoms with Crippen LogP contribution in [-0.4, -0.2) is 20.7 Å². The molecule has 0 saturated heterocycles. The van der Waals surface area contributed by atoms with Crippen LogP contribution in [0.25, 0.3) is 10.9 Å². The smallest absolute Gasteiger partial charge is 0.267 e. The molecular weight excluding hydrogens is 332 g/mol. The fraction of sp³-hybridized carbons (Fsp3) is 0.105. The number of hydrogen-bond donors (Lipinski definition) is 1. The highest BCUT2D eigenvalue weighted by molar-refractivity contribution is 7.13. The van der Waals surface area contributed by atoms with Gasteiger partial charge in [-0.2, -0.15) is 5.10 Å². The maximum atomic E-state index is 12.2. The Labute approximate surface area is 149 Å². The van der Waals surface area contributed by atoms with E-state index in [-0.39, 0.29) is 5.91 Å². The first kappa shape index (κ1) is 15.5. The molecule has 1 amide bonds. The normalized spacial score (nSPS) is 10.9. The van der Waals surface area contributed by atoms with Gasteiger partial charge in [-0.1, -0.05) is 30.3 Å². The number of thiazole rings is 1. The lowest BCUT2D eigenvalue weighted by Gasteiger charge is -2.06. The number of rotatable bonds is 4. The van der Waals surface area contributed by atoms with Crippen LogP contribution in [0.15, 0.2) is 60.9 Å². The highest BCUT2D eigenvalue weighted by Gasteiger charge is 2.10. The third-order valence-corrected chi connectivity index (χ3v) is 4.83. The van der Waals surface area contributed by atoms with Gasteiger partial charge in [-0.05, 0) is 30.7 Å². The average molecular weight is 348 g/mol. The van der Waals surface area contributed by atoms with E-state index >= 15 is 0 Å². The number of aryl methyl sites for hydroxylation is 1. The van der Waals surface area contributed by atoms with Gasteiger partial charge in [-0.25, -0.2) is 4.98 Å². The highest BCUT2D eigenvalue weighted by atomic mass is 32.1. The number of fused-ring (bicyclic) bond motifs is 1. The zero-order valence-electron chi connectivity index (χ0n) is 13.6. The Hall–Kier alpha value is -2.99. The molecule has 0 aliphatic heterocycles. The van der Waals surface area contributed by atoms with Crippen LogP contribution in [-0.2, 0) is 6.54 Å². The second-order valence-corrected chi connectivity index (χ2v) is 6.99. The van der Waals surface area contributed by atoms with Gasteiger partial charge in [0.15, 0.2) is 0 Å². The Morgan fingerprint density at radius 3 is 2.76 bits per heavy atom. The molecule has 124 valence electrons. The van der Waals surface area contributed by atoms with Crippen molar-refractivity contribution >= 4 is 33.8 Å². The third kappa shape index (κ3) is 3.29. The quantitative estimate of drug-likeness (QED) is 0.604. The maximum absolute atomic E-state index is 12.2. The van der Waals surface area contributed by atoms with Crippen molar-refractivity contribution in [3.05, 3.63) is 76.4 Å². The number of amides is 1. The minimum absolute atomic E-state index is 0.137.